The molecule has 0 spiro atoms. The molecule has 1 heterocycles. The number of morpholine rings is 1. The van der Waals surface area contributed by atoms with Crippen molar-refractivity contribution in [3.8, 4) is 6.07 Å². The van der Waals surface area contributed by atoms with Crippen molar-refractivity contribution in [3.63, 3.8) is 0 Å². The van der Waals surface area contributed by atoms with Crippen molar-refractivity contribution in [3.05, 3.63) is 58.6 Å². The van der Waals surface area contributed by atoms with Crippen molar-refractivity contribution in [2.24, 2.45) is 0 Å². The van der Waals surface area contributed by atoms with Gasteiger partial charge >= 0.3 is 5.97 Å². The van der Waals surface area contributed by atoms with E-state index in [1.807, 2.05) is 6.07 Å². The van der Waals surface area contributed by atoms with Gasteiger partial charge in [0.05, 0.1) is 40.3 Å². The highest BCUT2D eigenvalue weighted by Crippen LogP contribution is 2.24. The van der Waals surface area contributed by atoms with Crippen LogP contribution in [-0.4, -0.2) is 57.5 Å². The average Bonchev–Trinajstić information content (AvgIpc) is 2.78. The number of rotatable bonds is 6. The zero-order chi connectivity index (χ0) is 22.4. The van der Waals surface area contributed by atoms with E-state index in [4.69, 9.17) is 26.3 Å². The maximum Gasteiger partial charge on any atom is 0.340 e. The smallest absolute Gasteiger partial charge is 0.340 e. The van der Waals surface area contributed by atoms with E-state index in [1.165, 1.54) is 22.5 Å². The molecule has 1 fully saturated rings. The number of nitrogens with zero attached hydrogens (tertiary/aromatic N) is 2. The van der Waals surface area contributed by atoms with Crippen LogP contribution < -0.4 is 5.32 Å². The van der Waals surface area contributed by atoms with E-state index in [9.17, 15) is 18.0 Å². The average molecular weight is 464 g/mol. The van der Waals surface area contributed by atoms with Gasteiger partial charge in [-0.2, -0.15) is 9.57 Å². The first kappa shape index (κ1) is 22.7. The van der Waals surface area contributed by atoms with Gasteiger partial charge in [0.25, 0.3) is 5.91 Å². The highest BCUT2D eigenvalue weighted by molar-refractivity contribution is 7.89. The quantitative estimate of drug-likeness (QED) is 0.649. The molecular weight excluding hydrogens is 446 g/mol. The lowest BCUT2D eigenvalue weighted by molar-refractivity contribution is -0.119. The predicted octanol–water partition coefficient (Wildman–Crippen LogP) is 2.03. The zero-order valence-corrected chi connectivity index (χ0v) is 17.8. The molecular formula is C20H18ClN3O6S. The summed E-state index contributed by atoms with van der Waals surface area (Å²) in [6, 6.07) is 11.9. The second kappa shape index (κ2) is 9.89. The number of benzene rings is 2. The third-order valence-electron chi connectivity index (χ3n) is 4.38. The Kier molecular flexibility index (Phi) is 7.25. The number of ether oxygens (including phenoxy) is 2. The summed E-state index contributed by atoms with van der Waals surface area (Å²) in [4.78, 5) is 24.4. The monoisotopic (exact) mass is 463 g/mol. The zero-order valence-electron chi connectivity index (χ0n) is 16.2. The maximum absolute atomic E-state index is 12.8. The fraction of sp³-hybridized carbons (Fsp3) is 0.250. The SMILES string of the molecule is N#Cc1cccc(NC(=O)COC(=O)c2cc(S(=O)(=O)N3CCOCC3)ccc2Cl)c1. The lowest BCUT2D eigenvalue weighted by Crippen LogP contribution is -2.40. The van der Waals surface area contributed by atoms with Gasteiger partial charge in [-0.1, -0.05) is 17.7 Å². The first-order valence-corrected chi connectivity index (χ1v) is 11.0. The molecule has 0 radical (unpaired) electrons. The third-order valence-corrected chi connectivity index (χ3v) is 6.60. The Morgan fingerprint density at radius 1 is 1.19 bits per heavy atom. The fourth-order valence-electron chi connectivity index (χ4n) is 2.83. The molecule has 9 nitrogen and oxygen atoms in total. The number of esters is 1. The molecule has 0 bridgehead atoms. The minimum absolute atomic E-state index is 0.00643. The Hall–Kier alpha value is -2.97. The van der Waals surface area contributed by atoms with Gasteiger partial charge in [0.15, 0.2) is 6.61 Å². The molecule has 0 saturated carbocycles. The molecule has 0 aliphatic carbocycles. The Morgan fingerprint density at radius 2 is 1.94 bits per heavy atom. The second-order valence-corrected chi connectivity index (χ2v) is 8.82. The minimum atomic E-state index is -3.83. The van der Waals surface area contributed by atoms with Crippen molar-refractivity contribution in [2.45, 2.75) is 4.90 Å². The number of anilines is 1. The van der Waals surface area contributed by atoms with Gasteiger partial charge in [0.2, 0.25) is 10.0 Å². The van der Waals surface area contributed by atoms with Crippen LogP contribution in [0.4, 0.5) is 5.69 Å². The Labute approximate surface area is 184 Å². The molecule has 1 saturated heterocycles. The highest BCUT2D eigenvalue weighted by atomic mass is 35.5. The Balaban J connectivity index is 1.68. The summed E-state index contributed by atoms with van der Waals surface area (Å²) in [7, 11) is -3.83. The summed E-state index contributed by atoms with van der Waals surface area (Å²) in [5.41, 5.74) is 0.562. The number of carbonyl (C=O) groups excluding carboxylic acids is 2. The van der Waals surface area contributed by atoms with E-state index in [0.717, 1.165) is 6.07 Å². The van der Waals surface area contributed by atoms with Gasteiger partial charge < -0.3 is 14.8 Å². The number of nitriles is 1. The van der Waals surface area contributed by atoms with Gasteiger partial charge in [-0.3, -0.25) is 4.79 Å². The van der Waals surface area contributed by atoms with Gasteiger partial charge in [0.1, 0.15) is 0 Å². The Morgan fingerprint density at radius 3 is 2.65 bits per heavy atom. The summed E-state index contributed by atoms with van der Waals surface area (Å²) in [6.07, 6.45) is 0. The largest absolute Gasteiger partial charge is 0.452 e. The number of nitrogens with one attached hydrogen (secondary N) is 1. The second-order valence-electron chi connectivity index (χ2n) is 6.48. The van der Waals surface area contributed by atoms with E-state index in [1.54, 1.807) is 18.2 Å². The van der Waals surface area contributed by atoms with Gasteiger partial charge in [-0.25, -0.2) is 13.2 Å². The van der Waals surface area contributed by atoms with Crippen LogP contribution in [-0.2, 0) is 24.3 Å². The van der Waals surface area contributed by atoms with Gasteiger partial charge in [-0.15, -0.1) is 0 Å². The lowest BCUT2D eigenvalue weighted by atomic mass is 10.2. The van der Waals surface area contributed by atoms with Crippen molar-refractivity contribution in [1.29, 1.82) is 5.26 Å². The van der Waals surface area contributed by atoms with Crippen molar-refractivity contribution in [1.82, 2.24) is 4.31 Å². The molecule has 1 amide bonds. The summed E-state index contributed by atoms with van der Waals surface area (Å²) in [5.74, 6) is -1.57. The van der Waals surface area contributed by atoms with E-state index in [2.05, 4.69) is 5.32 Å². The van der Waals surface area contributed by atoms with Crippen LogP contribution in [0.25, 0.3) is 0 Å². The first-order valence-electron chi connectivity index (χ1n) is 9.16. The molecule has 1 aliphatic rings. The van der Waals surface area contributed by atoms with Crippen LogP contribution in [0.1, 0.15) is 15.9 Å². The molecule has 2 aromatic carbocycles. The number of hydrogen-bond acceptors (Lipinski definition) is 7. The molecule has 3 rings (SSSR count). The summed E-state index contributed by atoms with van der Waals surface area (Å²) in [5, 5.41) is 11.4. The number of sulfonamides is 1. The van der Waals surface area contributed by atoms with Crippen LogP contribution in [0.5, 0.6) is 0 Å². The number of carbonyl (C=O) groups is 2. The molecule has 0 atom stereocenters. The molecule has 31 heavy (non-hydrogen) atoms. The number of hydrogen-bond donors (Lipinski definition) is 1. The van der Waals surface area contributed by atoms with E-state index in [0.29, 0.717) is 11.3 Å². The standard InChI is InChI=1S/C20H18ClN3O6S/c21-18-5-4-16(31(27,28)24-6-8-29-9-7-24)11-17(18)20(26)30-13-19(25)23-15-3-1-2-14(10-15)12-22/h1-5,10-11H,6-9,13H2,(H,23,25). The van der Waals surface area contributed by atoms with E-state index in [-0.39, 0.29) is 41.8 Å². The minimum Gasteiger partial charge on any atom is -0.452 e. The molecule has 1 N–H and O–H groups in total. The molecule has 162 valence electrons. The number of halogens is 1. The van der Waals surface area contributed by atoms with Crippen LogP contribution in [0, 0.1) is 11.3 Å². The Bertz CT molecular complexity index is 1140. The molecule has 0 unspecified atom stereocenters. The molecule has 11 heteroatoms. The van der Waals surface area contributed by atoms with E-state index < -0.39 is 28.5 Å². The summed E-state index contributed by atoms with van der Waals surface area (Å²) >= 11 is 6.04. The lowest BCUT2D eigenvalue weighted by Gasteiger charge is -2.26. The van der Waals surface area contributed by atoms with Crippen LogP contribution >= 0.6 is 11.6 Å². The molecule has 0 aromatic heterocycles. The van der Waals surface area contributed by atoms with Crippen LogP contribution in [0.15, 0.2) is 47.4 Å². The van der Waals surface area contributed by atoms with Crippen molar-refractivity contribution < 1.29 is 27.5 Å². The first-order chi connectivity index (χ1) is 14.8. The van der Waals surface area contributed by atoms with Crippen LogP contribution in [0.2, 0.25) is 5.02 Å². The summed E-state index contributed by atoms with van der Waals surface area (Å²) < 4.78 is 37.0. The van der Waals surface area contributed by atoms with Crippen molar-refractivity contribution >= 4 is 39.2 Å². The highest BCUT2D eigenvalue weighted by Gasteiger charge is 2.28. The topological polar surface area (TPSA) is 126 Å². The fourth-order valence-corrected chi connectivity index (χ4v) is 4.46. The molecule has 2 aromatic rings. The summed E-state index contributed by atoms with van der Waals surface area (Å²) in [6.45, 7) is 0.365. The third kappa shape index (κ3) is 5.59. The van der Waals surface area contributed by atoms with Gasteiger partial charge in [-0.05, 0) is 36.4 Å². The molecule has 1 aliphatic heterocycles. The maximum atomic E-state index is 12.8. The normalized spacial score (nSPS) is 14.5. The van der Waals surface area contributed by atoms with Gasteiger partial charge in [0, 0.05) is 18.8 Å². The van der Waals surface area contributed by atoms with Crippen molar-refractivity contribution in [2.75, 3.05) is 38.2 Å². The van der Waals surface area contributed by atoms with E-state index >= 15 is 0 Å². The predicted molar refractivity (Wildman–Crippen MR) is 111 cm³/mol. The van der Waals surface area contributed by atoms with Crippen LogP contribution in [0.3, 0.4) is 0 Å². The number of amides is 1.